The fraction of sp³-hybridized carbons (Fsp3) is 0.125. The summed E-state index contributed by atoms with van der Waals surface area (Å²) in [4.78, 5) is 16.7. The van der Waals surface area contributed by atoms with Gasteiger partial charge in [0.2, 0.25) is 0 Å². The second kappa shape index (κ2) is 6.52. The first kappa shape index (κ1) is 13.8. The van der Waals surface area contributed by atoms with Gasteiger partial charge in [0.05, 0.1) is 18.4 Å². The molecule has 2 aromatic rings. The average Bonchev–Trinajstić information content (AvgIpc) is 2.53. The predicted molar refractivity (Wildman–Crippen MR) is 77.1 cm³/mol. The summed E-state index contributed by atoms with van der Waals surface area (Å²) in [5, 5.41) is 3.85. The van der Waals surface area contributed by atoms with Crippen LogP contribution in [0.2, 0.25) is 0 Å². The van der Waals surface area contributed by atoms with Crippen LogP contribution < -0.4 is 4.74 Å². The van der Waals surface area contributed by atoms with E-state index in [1.54, 1.807) is 38.3 Å². The standard InChI is InChI=1S/C16H15NO3/c1-12(13-6-4-3-5-7-13)17-20-16(18)14-8-10-15(19-2)11-9-14/h3-11H,1-2H3/b17-12-. The van der Waals surface area contributed by atoms with Gasteiger partial charge >= 0.3 is 5.97 Å². The van der Waals surface area contributed by atoms with Gasteiger partial charge < -0.3 is 9.57 Å². The van der Waals surface area contributed by atoms with Crippen molar-refractivity contribution in [3.05, 3.63) is 65.7 Å². The number of ether oxygens (including phenoxy) is 1. The van der Waals surface area contributed by atoms with Gasteiger partial charge in [-0.15, -0.1) is 0 Å². The molecule has 0 N–H and O–H groups in total. The zero-order valence-corrected chi connectivity index (χ0v) is 11.4. The minimum absolute atomic E-state index is 0.426. The smallest absolute Gasteiger partial charge is 0.365 e. The molecule has 0 aromatic heterocycles. The van der Waals surface area contributed by atoms with E-state index in [2.05, 4.69) is 5.16 Å². The van der Waals surface area contributed by atoms with Crippen molar-refractivity contribution in [1.82, 2.24) is 0 Å². The average molecular weight is 269 g/mol. The van der Waals surface area contributed by atoms with E-state index in [1.165, 1.54) is 0 Å². The Balaban J connectivity index is 2.04. The van der Waals surface area contributed by atoms with Gasteiger partial charge in [-0.1, -0.05) is 35.5 Å². The molecule has 20 heavy (non-hydrogen) atoms. The normalized spacial score (nSPS) is 11.0. The summed E-state index contributed by atoms with van der Waals surface area (Å²) >= 11 is 0. The van der Waals surface area contributed by atoms with Crippen molar-refractivity contribution < 1.29 is 14.4 Å². The van der Waals surface area contributed by atoms with Crippen molar-refractivity contribution in [3.8, 4) is 5.75 Å². The lowest BCUT2D eigenvalue weighted by atomic mass is 10.1. The Bertz CT molecular complexity index is 603. The molecule has 0 atom stereocenters. The van der Waals surface area contributed by atoms with Crippen LogP contribution in [0, 0.1) is 0 Å². The van der Waals surface area contributed by atoms with Crippen LogP contribution in [0.1, 0.15) is 22.8 Å². The molecule has 0 aliphatic heterocycles. The van der Waals surface area contributed by atoms with E-state index in [-0.39, 0.29) is 0 Å². The van der Waals surface area contributed by atoms with Crippen molar-refractivity contribution in [3.63, 3.8) is 0 Å². The molecule has 0 amide bonds. The topological polar surface area (TPSA) is 47.9 Å². The van der Waals surface area contributed by atoms with Crippen molar-refractivity contribution in [2.24, 2.45) is 5.16 Å². The van der Waals surface area contributed by atoms with Crippen molar-refractivity contribution in [2.45, 2.75) is 6.92 Å². The molecule has 0 spiro atoms. The summed E-state index contributed by atoms with van der Waals surface area (Å²) in [6.45, 7) is 1.79. The summed E-state index contributed by atoms with van der Waals surface area (Å²) in [5.74, 6) is 0.188. The zero-order valence-electron chi connectivity index (χ0n) is 11.4. The molecule has 0 saturated heterocycles. The molecular formula is C16H15NO3. The molecule has 0 unspecified atom stereocenters. The van der Waals surface area contributed by atoms with E-state index >= 15 is 0 Å². The van der Waals surface area contributed by atoms with Crippen LogP contribution in [0.4, 0.5) is 0 Å². The fourth-order valence-electron chi connectivity index (χ4n) is 1.62. The highest BCUT2D eigenvalue weighted by Crippen LogP contribution is 2.12. The lowest BCUT2D eigenvalue weighted by Crippen LogP contribution is -2.03. The Hall–Kier alpha value is -2.62. The largest absolute Gasteiger partial charge is 0.497 e. The summed E-state index contributed by atoms with van der Waals surface area (Å²) in [6, 6.07) is 16.2. The Morgan fingerprint density at radius 3 is 2.20 bits per heavy atom. The molecule has 4 heteroatoms. The fourth-order valence-corrected chi connectivity index (χ4v) is 1.62. The first-order valence-corrected chi connectivity index (χ1v) is 6.16. The molecule has 4 nitrogen and oxygen atoms in total. The highest BCUT2D eigenvalue weighted by atomic mass is 16.7. The van der Waals surface area contributed by atoms with E-state index in [9.17, 15) is 4.79 Å². The van der Waals surface area contributed by atoms with Gasteiger partial charge in [0.1, 0.15) is 5.75 Å². The third-order valence-electron chi connectivity index (χ3n) is 2.78. The summed E-state index contributed by atoms with van der Waals surface area (Å²) < 4.78 is 5.03. The second-order valence-corrected chi connectivity index (χ2v) is 4.15. The van der Waals surface area contributed by atoms with Crippen LogP contribution in [0.15, 0.2) is 59.8 Å². The summed E-state index contributed by atoms with van der Waals surface area (Å²) in [6.07, 6.45) is 0. The molecule has 0 aliphatic carbocycles. The first-order chi connectivity index (χ1) is 9.70. The van der Waals surface area contributed by atoms with Gasteiger partial charge in [-0.2, -0.15) is 0 Å². The van der Waals surface area contributed by atoms with E-state index in [0.29, 0.717) is 17.0 Å². The second-order valence-electron chi connectivity index (χ2n) is 4.15. The van der Waals surface area contributed by atoms with Crippen LogP contribution in [-0.4, -0.2) is 18.8 Å². The number of carbonyl (C=O) groups is 1. The molecule has 0 saturated carbocycles. The molecule has 0 heterocycles. The molecule has 2 aromatic carbocycles. The lowest BCUT2D eigenvalue weighted by molar-refractivity contribution is 0.0516. The minimum atomic E-state index is -0.497. The molecular weight excluding hydrogens is 254 g/mol. The monoisotopic (exact) mass is 269 g/mol. The maximum atomic E-state index is 11.8. The van der Waals surface area contributed by atoms with Gasteiger partial charge in [0, 0.05) is 0 Å². The first-order valence-electron chi connectivity index (χ1n) is 6.16. The SMILES string of the molecule is COc1ccc(C(=O)O/N=C(/C)c2ccccc2)cc1. The van der Waals surface area contributed by atoms with E-state index in [1.807, 2.05) is 30.3 Å². The minimum Gasteiger partial charge on any atom is -0.497 e. The Kier molecular flexibility index (Phi) is 4.50. The van der Waals surface area contributed by atoms with Crippen LogP contribution in [0.5, 0.6) is 5.75 Å². The zero-order chi connectivity index (χ0) is 14.4. The molecule has 0 radical (unpaired) electrons. The lowest BCUT2D eigenvalue weighted by Gasteiger charge is -2.02. The van der Waals surface area contributed by atoms with Gasteiger partial charge in [-0.3, -0.25) is 0 Å². The Morgan fingerprint density at radius 1 is 0.950 bits per heavy atom. The number of nitrogens with zero attached hydrogens (tertiary/aromatic N) is 1. The van der Waals surface area contributed by atoms with Crippen molar-refractivity contribution in [2.75, 3.05) is 7.11 Å². The van der Waals surface area contributed by atoms with Crippen LogP contribution in [-0.2, 0) is 4.84 Å². The van der Waals surface area contributed by atoms with Gasteiger partial charge in [0.25, 0.3) is 0 Å². The van der Waals surface area contributed by atoms with Crippen LogP contribution in [0.3, 0.4) is 0 Å². The van der Waals surface area contributed by atoms with E-state index in [0.717, 1.165) is 5.56 Å². The van der Waals surface area contributed by atoms with Crippen molar-refractivity contribution in [1.29, 1.82) is 0 Å². The number of hydrogen-bond donors (Lipinski definition) is 0. The molecule has 2 rings (SSSR count). The van der Waals surface area contributed by atoms with E-state index < -0.39 is 5.97 Å². The summed E-state index contributed by atoms with van der Waals surface area (Å²) in [7, 11) is 1.57. The Labute approximate surface area is 117 Å². The highest BCUT2D eigenvalue weighted by Gasteiger charge is 2.07. The third-order valence-corrected chi connectivity index (χ3v) is 2.78. The van der Waals surface area contributed by atoms with Gasteiger partial charge in [-0.25, -0.2) is 4.79 Å². The molecule has 102 valence electrons. The Morgan fingerprint density at radius 2 is 1.60 bits per heavy atom. The van der Waals surface area contributed by atoms with Crippen molar-refractivity contribution >= 4 is 11.7 Å². The van der Waals surface area contributed by atoms with E-state index in [4.69, 9.17) is 9.57 Å². The number of rotatable bonds is 4. The highest BCUT2D eigenvalue weighted by molar-refractivity contribution is 5.99. The maximum absolute atomic E-state index is 11.8. The van der Waals surface area contributed by atoms with Gasteiger partial charge in [-0.05, 0) is 36.8 Å². The molecule has 0 fully saturated rings. The maximum Gasteiger partial charge on any atom is 0.365 e. The predicted octanol–water partition coefficient (Wildman–Crippen LogP) is 3.28. The number of hydrogen-bond acceptors (Lipinski definition) is 4. The number of benzene rings is 2. The third kappa shape index (κ3) is 3.45. The molecule has 0 bridgehead atoms. The number of methoxy groups -OCH3 is 1. The van der Waals surface area contributed by atoms with Gasteiger partial charge in [0.15, 0.2) is 0 Å². The molecule has 0 aliphatic rings. The number of carbonyl (C=O) groups excluding carboxylic acids is 1. The van der Waals surface area contributed by atoms with Crippen LogP contribution in [0.25, 0.3) is 0 Å². The number of oxime groups is 1. The quantitative estimate of drug-likeness (QED) is 0.486. The van der Waals surface area contributed by atoms with Crippen LogP contribution >= 0.6 is 0 Å². The summed E-state index contributed by atoms with van der Waals surface area (Å²) in [5.41, 5.74) is 1.98.